The SMILES string of the molecule is Cc1cc2c(=O)n(CCCCCO)ccn2n1. The molecule has 0 saturated heterocycles. The van der Waals surface area contributed by atoms with Gasteiger partial charge in [0.2, 0.25) is 0 Å². The number of aromatic nitrogens is 3. The summed E-state index contributed by atoms with van der Waals surface area (Å²) in [5.41, 5.74) is 1.46. The van der Waals surface area contributed by atoms with E-state index >= 15 is 0 Å². The highest BCUT2D eigenvalue weighted by molar-refractivity contribution is 5.44. The summed E-state index contributed by atoms with van der Waals surface area (Å²) in [5.74, 6) is 0. The molecule has 0 aromatic carbocycles. The fraction of sp³-hybridized carbons (Fsp3) is 0.500. The Balaban J connectivity index is 2.18. The zero-order valence-electron chi connectivity index (χ0n) is 9.96. The molecule has 17 heavy (non-hydrogen) atoms. The van der Waals surface area contributed by atoms with Crippen LogP contribution in [0.5, 0.6) is 0 Å². The number of unbranched alkanes of at least 4 members (excludes halogenated alkanes) is 2. The molecule has 92 valence electrons. The van der Waals surface area contributed by atoms with Crippen molar-refractivity contribution in [3.63, 3.8) is 0 Å². The Morgan fingerprint density at radius 3 is 2.88 bits per heavy atom. The molecule has 0 aliphatic carbocycles. The minimum Gasteiger partial charge on any atom is -0.396 e. The molecule has 0 saturated carbocycles. The van der Waals surface area contributed by atoms with Crippen molar-refractivity contribution in [2.75, 3.05) is 6.61 Å². The Bertz CT molecular complexity index is 556. The summed E-state index contributed by atoms with van der Waals surface area (Å²) < 4.78 is 3.32. The molecule has 0 aliphatic rings. The lowest BCUT2D eigenvalue weighted by molar-refractivity contribution is 0.281. The fourth-order valence-electron chi connectivity index (χ4n) is 1.90. The Hall–Kier alpha value is -1.62. The number of fused-ring (bicyclic) bond motifs is 1. The van der Waals surface area contributed by atoms with Crippen LogP contribution in [-0.2, 0) is 6.54 Å². The number of aliphatic hydroxyl groups excluding tert-OH is 1. The van der Waals surface area contributed by atoms with E-state index in [2.05, 4.69) is 5.10 Å². The van der Waals surface area contributed by atoms with Crippen molar-refractivity contribution in [1.29, 1.82) is 0 Å². The summed E-state index contributed by atoms with van der Waals surface area (Å²) in [4.78, 5) is 12.1. The van der Waals surface area contributed by atoms with Crippen molar-refractivity contribution < 1.29 is 5.11 Å². The van der Waals surface area contributed by atoms with Crippen LogP contribution in [0.2, 0.25) is 0 Å². The number of aliphatic hydroxyl groups is 1. The third kappa shape index (κ3) is 2.55. The maximum absolute atomic E-state index is 12.1. The lowest BCUT2D eigenvalue weighted by Crippen LogP contribution is -2.21. The molecule has 0 spiro atoms. The number of aryl methyl sites for hydroxylation is 2. The summed E-state index contributed by atoms with van der Waals surface area (Å²) >= 11 is 0. The van der Waals surface area contributed by atoms with Crippen LogP contribution >= 0.6 is 0 Å². The van der Waals surface area contributed by atoms with Gasteiger partial charge < -0.3 is 9.67 Å². The Morgan fingerprint density at radius 2 is 2.12 bits per heavy atom. The molecule has 0 fully saturated rings. The highest BCUT2D eigenvalue weighted by Gasteiger charge is 2.04. The van der Waals surface area contributed by atoms with E-state index in [1.807, 2.05) is 6.92 Å². The molecule has 0 amide bonds. The molecule has 0 atom stereocenters. The van der Waals surface area contributed by atoms with Crippen LogP contribution in [0.1, 0.15) is 25.0 Å². The molecule has 2 heterocycles. The van der Waals surface area contributed by atoms with Crippen molar-refractivity contribution in [3.05, 3.63) is 34.5 Å². The average molecular weight is 235 g/mol. The number of hydrogen-bond donors (Lipinski definition) is 1. The summed E-state index contributed by atoms with van der Waals surface area (Å²) in [5, 5.41) is 12.9. The van der Waals surface area contributed by atoms with Crippen LogP contribution in [-0.4, -0.2) is 25.9 Å². The first-order valence-corrected chi connectivity index (χ1v) is 5.88. The fourth-order valence-corrected chi connectivity index (χ4v) is 1.90. The highest BCUT2D eigenvalue weighted by atomic mass is 16.2. The standard InChI is InChI=1S/C12H17N3O2/c1-10-9-11-12(17)14(5-3-2-4-8-16)6-7-15(11)13-10/h6-7,9,16H,2-5,8H2,1H3. The first-order valence-electron chi connectivity index (χ1n) is 5.88. The van der Waals surface area contributed by atoms with E-state index in [0.29, 0.717) is 12.1 Å². The van der Waals surface area contributed by atoms with Crippen LogP contribution < -0.4 is 5.56 Å². The minimum absolute atomic E-state index is 0.00269. The Morgan fingerprint density at radius 1 is 1.29 bits per heavy atom. The van der Waals surface area contributed by atoms with Crippen LogP contribution in [0.4, 0.5) is 0 Å². The normalized spacial score (nSPS) is 11.2. The topological polar surface area (TPSA) is 59.5 Å². The van der Waals surface area contributed by atoms with Gasteiger partial charge in [-0.25, -0.2) is 4.52 Å². The molecule has 2 aromatic rings. The molecule has 0 bridgehead atoms. The maximum Gasteiger partial charge on any atom is 0.276 e. The Kier molecular flexibility index (Phi) is 3.58. The molecule has 2 rings (SSSR count). The quantitative estimate of drug-likeness (QED) is 0.785. The second-order valence-electron chi connectivity index (χ2n) is 4.20. The predicted octanol–water partition coefficient (Wildman–Crippen LogP) is 0.967. The van der Waals surface area contributed by atoms with E-state index in [1.54, 1.807) is 27.5 Å². The van der Waals surface area contributed by atoms with Crippen LogP contribution in [0.15, 0.2) is 23.3 Å². The molecule has 5 heteroatoms. The number of rotatable bonds is 5. The number of nitrogens with zero attached hydrogens (tertiary/aromatic N) is 3. The van der Waals surface area contributed by atoms with Crippen molar-refractivity contribution in [1.82, 2.24) is 14.2 Å². The van der Waals surface area contributed by atoms with Crippen LogP contribution in [0.3, 0.4) is 0 Å². The molecule has 1 N–H and O–H groups in total. The molecular formula is C12H17N3O2. The largest absolute Gasteiger partial charge is 0.396 e. The van der Waals surface area contributed by atoms with Gasteiger partial charge in [-0.1, -0.05) is 0 Å². The van der Waals surface area contributed by atoms with Gasteiger partial charge in [0, 0.05) is 25.5 Å². The van der Waals surface area contributed by atoms with Gasteiger partial charge in [-0.2, -0.15) is 5.10 Å². The zero-order valence-corrected chi connectivity index (χ0v) is 9.96. The van der Waals surface area contributed by atoms with E-state index in [9.17, 15) is 4.79 Å². The van der Waals surface area contributed by atoms with Gasteiger partial charge in [-0.15, -0.1) is 0 Å². The lowest BCUT2D eigenvalue weighted by Gasteiger charge is -2.05. The summed E-state index contributed by atoms with van der Waals surface area (Å²) in [6.07, 6.45) is 6.20. The second-order valence-corrected chi connectivity index (χ2v) is 4.20. The first kappa shape index (κ1) is 11.9. The van der Waals surface area contributed by atoms with Gasteiger partial charge in [-0.3, -0.25) is 4.79 Å². The molecule has 0 unspecified atom stereocenters. The van der Waals surface area contributed by atoms with Gasteiger partial charge in [-0.05, 0) is 32.3 Å². The molecular weight excluding hydrogens is 218 g/mol. The summed E-state index contributed by atoms with van der Waals surface area (Å²) in [6.45, 7) is 2.79. The van der Waals surface area contributed by atoms with Gasteiger partial charge >= 0.3 is 0 Å². The van der Waals surface area contributed by atoms with Crippen LogP contribution in [0, 0.1) is 6.92 Å². The van der Waals surface area contributed by atoms with Crippen molar-refractivity contribution in [2.45, 2.75) is 32.7 Å². The zero-order chi connectivity index (χ0) is 12.3. The predicted molar refractivity (Wildman–Crippen MR) is 65.1 cm³/mol. The van der Waals surface area contributed by atoms with Crippen molar-refractivity contribution in [3.8, 4) is 0 Å². The molecule has 2 aromatic heterocycles. The van der Waals surface area contributed by atoms with E-state index in [-0.39, 0.29) is 12.2 Å². The maximum atomic E-state index is 12.1. The molecule has 0 radical (unpaired) electrons. The number of hydrogen-bond acceptors (Lipinski definition) is 3. The van der Waals surface area contributed by atoms with E-state index in [0.717, 1.165) is 25.0 Å². The molecule has 0 aliphatic heterocycles. The molecule has 5 nitrogen and oxygen atoms in total. The first-order chi connectivity index (χ1) is 8.22. The van der Waals surface area contributed by atoms with Crippen LogP contribution in [0.25, 0.3) is 5.52 Å². The van der Waals surface area contributed by atoms with Gasteiger partial charge in [0.25, 0.3) is 5.56 Å². The second kappa shape index (κ2) is 5.14. The third-order valence-electron chi connectivity index (χ3n) is 2.78. The highest BCUT2D eigenvalue weighted by Crippen LogP contribution is 2.01. The third-order valence-corrected chi connectivity index (χ3v) is 2.78. The summed E-state index contributed by atoms with van der Waals surface area (Å²) in [6, 6.07) is 1.80. The minimum atomic E-state index is -0.00269. The van der Waals surface area contributed by atoms with E-state index in [1.165, 1.54) is 0 Å². The van der Waals surface area contributed by atoms with Gasteiger partial charge in [0.1, 0.15) is 5.52 Å². The van der Waals surface area contributed by atoms with E-state index in [4.69, 9.17) is 5.11 Å². The van der Waals surface area contributed by atoms with Gasteiger partial charge in [0.15, 0.2) is 0 Å². The lowest BCUT2D eigenvalue weighted by atomic mass is 10.2. The summed E-state index contributed by atoms with van der Waals surface area (Å²) in [7, 11) is 0. The monoisotopic (exact) mass is 235 g/mol. The Labute approximate surface area is 99.3 Å². The smallest absolute Gasteiger partial charge is 0.276 e. The van der Waals surface area contributed by atoms with Gasteiger partial charge in [0.05, 0.1) is 5.69 Å². The van der Waals surface area contributed by atoms with Crippen molar-refractivity contribution in [2.24, 2.45) is 0 Å². The average Bonchev–Trinajstić information content (AvgIpc) is 2.69. The van der Waals surface area contributed by atoms with E-state index < -0.39 is 0 Å². The van der Waals surface area contributed by atoms with Crippen molar-refractivity contribution >= 4 is 5.52 Å².